The van der Waals surface area contributed by atoms with Gasteiger partial charge in [-0.1, -0.05) is 42.5 Å². The van der Waals surface area contributed by atoms with Crippen molar-refractivity contribution in [3.8, 4) is 0 Å². The molecule has 0 spiro atoms. The molecule has 1 aromatic heterocycles. The Kier molecular flexibility index (Phi) is 3.48. The molecule has 3 aromatic rings. The molecule has 2 atom stereocenters. The van der Waals surface area contributed by atoms with Crippen LogP contribution in [0.2, 0.25) is 0 Å². The Hall–Kier alpha value is -3.15. The zero-order valence-corrected chi connectivity index (χ0v) is 14.1. The number of fused-ring (bicyclic) bond motifs is 1. The smallest absolute Gasteiger partial charge is 0.206 e. The molecule has 2 heterocycles. The lowest BCUT2D eigenvalue weighted by molar-refractivity contribution is 0.456. The summed E-state index contributed by atoms with van der Waals surface area (Å²) < 4.78 is 13.3. The minimum absolute atomic E-state index is 0.325. The van der Waals surface area contributed by atoms with Gasteiger partial charge < -0.3 is 5.32 Å². The third-order valence-corrected chi connectivity index (χ3v) is 4.91. The molecule has 6 heteroatoms. The maximum absolute atomic E-state index is 13.3. The van der Waals surface area contributed by atoms with Gasteiger partial charge in [0.15, 0.2) is 5.82 Å². The van der Waals surface area contributed by atoms with E-state index in [4.69, 9.17) is 9.97 Å². The Balaban J connectivity index is 1.49. The maximum Gasteiger partial charge on any atom is 0.206 e. The van der Waals surface area contributed by atoms with E-state index in [0.717, 1.165) is 23.1 Å². The van der Waals surface area contributed by atoms with Crippen LogP contribution >= 0.6 is 0 Å². The predicted octanol–water partition coefficient (Wildman–Crippen LogP) is 3.86. The largest absolute Gasteiger partial charge is 0.342 e. The predicted molar refractivity (Wildman–Crippen MR) is 98.7 cm³/mol. The summed E-state index contributed by atoms with van der Waals surface area (Å²) in [5, 5.41) is 5.20. The van der Waals surface area contributed by atoms with Crippen molar-refractivity contribution in [1.82, 2.24) is 20.3 Å². The Morgan fingerprint density at radius 1 is 1.00 bits per heavy atom. The lowest BCUT2D eigenvalue weighted by Crippen LogP contribution is -2.27. The fraction of sp³-hybridized carbons (Fsp3) is 0.200. The van der Waals surface area contributed by atoms with Crippen molar-refractivity contribution in [2.75, 3.05) is 12.1 Å². The van der Waals surface area contributed by atoms with Gasteiger partial charge in [-0.05, 0) is 30.0 Å². The van der Waals surface area contributed by atoms with E-state index in [0.29, 0.717) is 24.3 Å². The van der Waals surface area contributed by atoms with Crippen LogP contribution in [0.1, 0.15) is 29.6 Å². The van der Waals surface area contributed by atoms with E-state index in [1.54, 1.807) is 5.01 Å². The normalized spacial score (nSPS) is 21.4. The van der Waals surface area contributed by atoms with Gasteiger partial charge in [0.05, 0.1) is 11.7 Å². The van der Waals surface area contributed by atoms with Gasteiger partial charge >= 0.3 is 0 Å². The zero-order valence-electron chi connectivity index (χ0n) is 14.1. The summed E-state index contributed by atoms with van der Waals surface area (Å²) in [5.74, 6) is 1.98. The highest BCUT2D eigenvalue weighted by Crippen LogP contribution is 2.53. The first-order chi connectivity index (χ1) is 12.8. The fourth-order valence-electron chi connectivity index (χ4n) is 3.49. The number of benzene rings is 2. The summed E-state index contributed by atoms with van der Waals surface area (Å²) in [4.78, 5) is 9.57. The van der Waals surface area contributed by atoms with Crippen molar-refractivity contribution < 1.29 is 4.39 Å². The van der Waals surface area contributed by atoms with Crippen LogP contribution in [0.25, 0.3) is 10.9 Å². The highest BCUT2D eigenvalue weighted by molar-refractivity contribution is 5.89. The Morgan fingerprint density at radius 3 is 2.62 bits per heavy atom. The third-order valence-electron chi connectivity index (χ3n) is 4.91. The van der Waals surface area contributed by atoms with Crippen molar-refractivity contribution in [1.29, 1.82) is 0 Å². The van der Waals surface area contributed by atoms with Crippen molar-refractivity contribution in [2.45, 2.75) is 18.3 Å². The summed E-state index contributed by atoms with van der Waals surface area (Å²) in [5.41, 5.74) is 5.42. The highest BCUT2D eigenvalue weighted by Gasteiger charge is 2.42. The summed E-state index contributed by atoms with van der Waals surface area (Å²) in [7, 11) is 0. The molecule has 0 saturated heterocycles. The second-order valence-corrected chi connectivity index (χ2v) is 6.70. The average Bonchev–Trinajstić information content (AvgIpc) is 3.38. The van der Waals surface area contributed by atoms with Gasteiger partial charge in [-0.2, -0.15) is 4.39 Å². The molecule has 2 aliphatic rings. The van der Waals surface area contributed by atoms with E-state index in [2.05, 4.69) is 35.0 Å². The van der Waals surface area contributed by atoms with Crippen LogP contribution in [0.15, 0.2) is 66.7 Å². The summed E-state index contributed by atoms with van der Waals surface area (Å²) >= 11 is 0. The molecule has 0 radical (unpaired) electrons. The lowest BCUT2D eigenvalue weighted by atomic mass is 10.1. The van der Waals surface area contributed by atoms with Gasteiger partial charge in [-0.25, -0.2) is 9.97 Å². The molecule has 1 aliphatic carbocycles. The van der Waals surface area contributed by atoms with Crippen molar-refractivity contribution in [2.24, 2.45) is 0 Å². The van der Waals surface area contributed by atoms with Crippen LogP contribution in [-0.2, 0) is 0 Å². The number of para-hydroxylation sites is 1. The van der Waals surface area contributed by atoms with E-state index in [1.165, 1.54) is 11.8 Å². The lowest BCUT2D eigenvalue weighted by Gasteiger charge is -2.18. The van der Waals surface area contributed by atoms with E-state index >= 15 is 0 Å². The molecule has 1 fully saturated rings. The Bertz CT molecular complexity index is 988. The number of halogens is 1. The van der Waals surface area contributed by atoms with Crippen LogP contribution in [0.4, 0.5) is 10.2 Å². The molecule has 130 valence electrons. The number of hydrogen-bond donors (Lipinski definition) is 2. The van der Waals surface area contributed by atoms with Crippen molar-refractivity contribution in [3.05, 3.63) is 78.1 Å². The van der Waals surface area contributed by atoms with Crippen LogP contribution in [-0.4, -0.2) is 21.6 Å². The maximum atomic E-state index is 13.3. The monoisotopic (exact) mass is 347 g/mol. The Labute approximate surface area is 150 Å². The number of nitrogens with one attached hydrogen (secondary N) is 2. The molecule has 26 heavy (non-hydrogen) atoms. The molecule has 5 nitrogen and oxygen atoms in total. The first-order valence-corrected chi connectivity index (χ1v) is 8.74. The fourth-order valence-corrected chi connectivity index (χ4v) is 3.49. The standard InChI is InChI=1S/C20H18FN5/c21-18-11-26(12-22-18)25-20-14-8-4-5-9-17(14)23-19(24-20)16-10-15(16)13-6-2-1-3-7-13/h1-9,11,15-16,22H,10,12H2,(H,23,24,25). The number of hydrazine groups is 1. The second-order valence-electron chi connectivity index (χ2n) is 6.70. The van der Waals surface area contributed by atoms with Crippen molar-refractivity contribution >= 4 is 16.7 Å². The van der Waals surface area contributed by atoms with E-state index in [-0.39, 0.29) is 5.95 Å². The minimum atomic E-state index is -0.359. The molecule has 0 amide bonds. The Morgan fingerprint density at radius 2 is 1.81 bits per heavy atom. The topological polar surface area (TPSA) is 53.1 Å². The van der Waals surface area contributed by atoms with Gasteiger partial charge in [-0.15, -0.1) is 0 Å². The van der Waals surface area contributed by atoms with E-state index < -0.39 is 0 Å². The van der Waals surface area contributed by atoms with E-state index in [9.17, 15) is 4.39 Å². The number of nitrogens with zero attached hydrogens (tertiary/aromatic N) is 3. The third kappa shape index (κ3) is 2.73. The molecule has 2 aromatic carbocycles. The molecule has 0 bridgehead atoms. The van der Waals surface area contributed by atoms with Gasteiger partial charge in [0.2, 0.25) is 5.95 Å². The zero-order chi connectivity index (χ0) is 17.5. The summed E-state index contributed by atoms with van der Waals surface area (Å²) in [6, 6.07) is 18.4. The molecular formula is C20H18FN5. The van der Waals surface area contributed by atoms with Crippen molar-refractivity contribution in [3.63, 3.8) is 0 Å². The first kappa shape index (κ1) is 15.1. The summed E-state index contributed by atoms with van der Waals surface area (Å²) in [6.07, 6.45) is 2.45. The van der Waals surface area contributed by atoms with Crippen LogP contribution in [0, 0.1) is 0 Å². The molecule has 2 N–H and O–H groups in total. The van der Waals surface area contributed by atoms with Gasteiger partial charge in [-0.3, -0.25) is 10.4 Å². The summed E-state index contributed by atoms with van der Waals surface area (Å²) in [6.45, 7) is 0.357. The second kappa shape index (κ2) is 5.98. The number of rotatable bonds is 4. The first-order valence-electron chi connectivity index (χ1n) is 8.74. The minimum Gasteiger partial charge on any atom is -0.342 e. The SMILES string of the molecule is FC1=CN(Nc2nc(C3CC3c3ccccc3)nc3ccccc23)CN1. The quantitative estimate of drug-likeness (QED) is 0.702. The van der Waals surface area contributed by atoms with Gasteiger partial charge in [0.1, 0.15) is 12.5 Å². The van der Waals surface area contributed by atoms with Crippen LogP contribution in [0.3, 0.4) is 0 Å². The molecule has 1 aliphatic heterocycles. The van der Waals surface area contributed by atoms with Gasteiger partial charge in [0.25, 0.3) is 0 Å². The molecular weight excluding hydrogens is 329 g/mol. The van der Waals surface area contributed by atoms with E-state index in [1.807, 2.05) is 30.3 Å². The molecule has 1 saturated carbocycles. The average molecular weight is 347 g/mol. The number of hydrogen-bond acceptors (Lipinski definition) is 5. The van der Waals surface area contributed by atoms with Crippen LogP contribution in [0.5, 0.6) is 0 Å². The number of anilines is 1. The highest BCUT2D eigenvalue weighted by atomic mass is 19.1. The van der Waals surface area contributed by atoms with Gasteiger partial charge in [0, 0.05) is 11.3 Å². The molecule has 5 rings (SSSR count). The number of aromatic nitrogens is 2. The van der Waals surface area contributed by atoms with Crippen LogP contribution < -0.4 is 10.7 Å². The molecule has 2 unspecified atom stereocenters.